The molecule has 1 aromatic carbocycles. The van der Waals surface area contributed by atoms with Crippen LogP contribution in [0.3, 0.4) is 0 Å². The Bertz CT molecular complexity index is 647. The van der Waals surface area contributed by atoms with E-state index in [9.17, 15) is 4.79 Å². The van der Waals surface area contributed by atoms with Crippen molar-refractivity contribution in [2.24, 2.45) is 11.7 Å². The molecule has 2 N–H and O–H groups in total. The first-order valence-corrected chi connectivity index (χ1v) is 8.43. The molecule has 5 nitrogen and oxygen atoms in total. The summed E-state index contributed by atoms with van der Waals surface area (Å²) < 4.78 is 0. The summed E-state index contributed by atoms with van der Waals surface area (Å²) >= 11 is 0. The van der Waals surface area contributed by atoms with Crippen LogP contribution in [0.1, 0.15) is 12.0 Å². The smallest absolute Gasteiger partial charge is 0.242 e. The average Bonchev–Trinajstić information content (AvgIpc) is 3.12. The number of para-hydroxylation sites is 1. The number of aromatic nitrogens is 1. The number of carbonyl (C=O) groups excluding carboxylic acids is 1. The first-order valence-electron chi connectivity index (χ1n) is 8.43. The van der Waals surface area contributed by atoms with Crippen molar-refractivity contribution in [3.63, 3.8) is 0 Å². The molecule has 1 aliphatic rings. The molecule has 3 rings (SSSR count). The van der Waals surface area contributed by atoms with Gasteiger partial charge < -0.3 is 15.5 Å². The maximum absolute atomic E-state index is 12.7. The van der Waals surface area contributed by atoms with Crippen molar-refractivity contribution in [2.75, 3.05) is 31.1 Å². The van der Waals surface area contributed by atoms with Gasteiger partial charge in [0, 0.05) is 37.7 Å². The second kappa shape index (κ2) is 7.93. The van der Waals surface area contributed by atoms with E-state index < -0.39 is 0 Å². The first-order chi connectivity index (χ1) is 11.8. The Morgan fingerprint density at radius 2 is 2.08 bits per heavy atom. The average molecular weight is 324 g/mol. The largest absolute Gasteiger partial charge is 0.358 e. The molecular formula is C19H24N4O. The molecular weight excluding hydrogens is 300 g/mol. The molecule has 2 aromatic rings. The molecule has 1 atom stereocenters. The fourth-order valence-corrected chi connectivity index (χ4v) is 3.10. The van der Waals surface area contributed by atoms with Crippen molar-refractivity contribution < 1.29 is 4.79 Å². The third-order valence-corrected chi connectivity index (χ3v) is 4.52. The fourth-order valence-electron chi connectivity index (χ4n) is 3.10. The molecule has 5 heteroatoms. The molecule has 0 radical (unpaired) electrons. The van der Waals surface area contributed by atoms with Gasteiger partial charge in [-0.25, -0.2) is 0 Å². The summed E-state index contributed by atoms with van der Waals surface area (Å²) in [5.74, 6) is 0.608. The molecule has 1 fully saturated rings. The van der Waals surface area contributed by atoms with Crippen LogP contribution in [0.5, 0.6) is 0 Å². The summed E-state index contributed by atoms with van der Waals surface area (Å²) in [6.07, 6.45) is 4.62. The highest BCUT2D eigenvalue weighted by Gasteiger charge is 2.26. The number of carbonyl (C=O) groups is 1. The molecule has 2 heterocycles. The number of hydrogen-bond donors (Lipinski definition) is 1. The molecule has 1 amide bonds. The van der Waals surface area contributed by atoms with Crippen LogP contribution in [0.4, 0.5) is 5.69 Å². The zero-order chi connectivity index (χ0) is 16.8. The second-order valence-corrected chi connectivity index (χ2v) is 6.28. The number of likely N-dealkylation sites (tertiary alicyclic amines) is 1. The number of hydrogen-bond acceptors (Lipinski definition) is 4. The van der Waals surface area contributed by atoms with Gasteiger partial charge in [-0.1, -0.05) is 24.3 Å². The maximum atomic E-state index is 12.7. The number of amides is 1. The summed E-state index contributed by atoms with van der Waals surface area (Å²) in [5.41, 5.74) is 7.87. The van der Waals surface area contributed by atoms with Crippen molar-refractivity contribution in [3.05, 3.63) is 60.4 Å². The molecule has 24 heavy (non-hydrogen) atoms. The molecule has 126 valence electrons. The topological polar surface area (TPSA) is 62.5 Å². The molecule has 1 saturated heterocycles. The lowest BCUT2D eigenvalue weighted by molar-refractivity contribution is -0.128. The van der Waals surface area contributed by atoms with Crippen molar-refractivity contribution in [1.29, 1.82) is 0 Å². The van der Waals surface area contributed by atoms with Crippen molar-refractivity contribution >= 4 is 11.6 Å². The van der Waals surface area contributed by atoms with Crippen molar-refractivity contribution in [3.8, 4) is 0 Å². The van der Waals surface area contributed by atoms with E-state index in [4.69, 9.17) is 5.73 Å². The third-order valence-electron chi connectivity index (χ3n) is 4.52. The van der Waals surface area contributed by atoms with Crippen LogP contribution in [0, 0.1) is 5.92 Å². The monoisotopic (exact) mass is 324 g/mol. The summed E-state index contributed by atoms with van der Waals surface area (Å²) in [7, 11) is 0. The number of nitrogens with zero attached hydrogens (tertiary/aromatic N) is 3. The maximum Gasteiger partial charge on any atom is 0.242 e. The number of rotatable bonds is 6. The normalized spacial score (nSPS) is 17.0. The predicted octanol–water partition coefficient (Wildman–Crippen LogP) is 1.90. The highest BCUT2D eigenvalue weighted by atomic mass is 16.2. The summed E-state index contributed by atoms with van der Waals surface area (Å²) in [6.45, 7) is 3.29. The number of nitrogens with two attached hydrogens (primary N) is 1. The lowest BCUT2D eigenvalue weighted by Gasteiger charge is -2.27. The standard InChI is InChI=1S/C19H24N4O/c20-11-16-8-10-22(13-16)19(24)15-23(18-6-2-1-3-7-18)14-17-5-4-9-21-12-17/h1-7,9,12,16H,8,10-11,13-15,20H2. The van der Waals surface area contributed by atoms with E-state index >= 15 is 0 Å². The van der Waals surface area contributed by atoms with Crippen LogP contribution >= 0.6 is 0 Å². The van der Waals surface area contributed by atoms with Gasteiger partial charge in [0.25, 0.3) is 0 Å². The molecule has 1 aliphatic heterocycles. The summed E-state index contributed by atoms with van der Waals surface area (Å²) in [4.78, 5) is 20.9. The van der Waals surface area contributed by atoms with E-state index in [1.165, 1.54) is 0 Å². The predicted molar refractivity (Wildman–Crippen MR) is 95.5 cm³/mol. The summed E-state index contributed by atoms with van der Waals surface area (Å²) in [6, 6.07) is 14.0. The van der Waals surface area contributed by atoms with Gasteiger partial charge in [-0.05, 0) is 42.6 Å². The van der Waals surface area contributed by atoms with Crippen LogP contribution in [0.2, 0.25) is 0 Å². The van der Waals surface area contributed by atoms with E-state index in [0.29, 0.717) is 25.6 Å². The lowest BCUT2D eigenvalue weighted by Crippen LogP contribution is -2.39. The molecule has 0 spiro atoms. The lowest BCUT2D eigenvalue weighted by atomic mass is 10.1. The highest BCUT2D eigenvalue weighted by Crippen LogP contribution is 2.19. The Labute approximate surface area is 143 Å². The number of pyridine rings is 1. The first kappa shape index (κ1) is 16.5. The fraction of sp³-hybridized carbons (Fsp3) is 0.368. The number of anilines is 1. The van der Waals surface area contributed by atoms with Crippen LogP contribution in [0.15, 0.2) is 54.9 Å². The third kappa shape index (κ3) is 4.11. The van der Waals surface area contributed by atoms with E-state index in [0.717, 1.165) is 30.8 Å². The van der Waals surface area contributed by atoms with E-state index in [1.54, 1.807) is 6.20 Å². The van der Waals surface area contributed by atoms with Gasteiger partial charge >= 0.3 is 0 Å². The minimum absolute atomic E-state index is 0.165. The minimum Gasteiger partial charge on any atom is -0.358 e. The highest BCUT2D eigenvalue weighted by molar-refractivity contribution is 5.81. The zero-order valence-corrected chi connectivity index (χ0v) is 13.8. The van der Waals surface area contributed by atoms with Gasteiger partial charge in [0.1, 0.15) is 0 Å². The molecule has 0 bridgehead atoms. The summed E-state index contributed by atoms with van der Waals surface area (Å²) in [5, 5.41) is 0. The molecule has 0 aliphatic carbocycles. The van der Waals surface area contributed by atoms with E-state index in [-0.39, 0.29) is 5.91 Å². The Morgan fingerprint density at radius 1 is 1.25 bits per heavy atom. The van der Waals surface area contributed by atoms with Gasteiger partial charge in [-0.2, -0.15) is 0 Å². The van der Waals surface area contributed by atoms with Crippen LogP contribution < -0.4 is 10.6 Å². The van der Waals surface area contributed by atoms with Gasteiger partial charge in [0.05, 0.1) is 6.54 Å². The van der Waals surface area contributed by atoms with Crippen LogP contribution in [-0.4, -0.2) is 42.0 Å². The van der Waals surface area contributed by atoms with Crippen molar-refractivity contribution in [1.82, 2.24) is 9.88 Å². The van der Waals surface area contributed by atoms with Gasteiger partial charge in [-0.3, -0.25) is 9.78 Å². The van der Waals surface area contributed by atoms with Crippen LogP contribution in [0.25, 0.3) is 0 Å². The Morgan fingerprint density at radius 3 is 2.75 bits per heavy atom. The van der Waals surface area contributed by atoms with E-state index in [2.05, 4.69) is 9.88 Å². The van der Waals surface area contributed by atoms with Crippen LogP contribution in [-0.2, 0) is 11.3 Å². The zero-order valence-electron chi connectivity index (χ0n) is 13.8. The van der Waals surface area contributed by atoms with Gasteiger partial charge in [0.15, 0.2) is 0 Å². The molecule has 1 aromatic heterocycles. The Kier molecular flexibility index (Phi) is 5.43. The van der Waals surface area contributed by atoms with Gasteiger partial charge in [0.2, 0.25) is 5.91 Å². The van der Waals surface area contributed by atoms with E-state index in [1.807, 2.05) is 53.6 Å². The quantitative estimate of drug-likeness (QED) is 0.881. The Balaban J connectivity index is 1.71. The second-order valence-electron chi connectivity index (χ2n) is 6.28. The molecule has 1 unspecified atom stereocenters. The number of benzene rings is 1. The minimum atomic E-state index is 0.165. The molecule has 0 saturated carbocycles. The Hall–Kier alpha value is -2.40. The SMILES string of the molecule is NCC1CCN(C(=O)CN(Cc2cccnc2)c2ccccc2)C1. The van der Waals surface area contributed by atoms with Gasteiger partial charge in [-0.15, -0.1) is 0 Å². The van der Waals surface area contributed by atoms with Crippen molar-refractivity contribution in [2.45, 2.75) is 13.0 Å².